The summed E-state index contributed by atoms with van der Waals surface area (Å²) in [4.78, 5) is 13.0. The van der Waals surface area contributed by atoms with Gasteiger partial charge in [-0.05, 0) is 76.1 Å². The Hall–Kier alpha value is -3.88. The van der Waals surface area contributed by atoms with Crippen molar-refractivity contribution in [2.24, 2.45) is 5.10 Å². The van der Waals surface area contributed by atoms with Crippen molar-refractivity contribution >= 4 is 78.6 Å². The van der Waals surface area contributed by atoms with E-state index in [9.17, 15) is 13.2 Å². The molecule has 0 aliphatic carbocycles. The fourth-order valence-electron chi connectivity index (χ4n) is 4.35. The van der Waals surface area contributed by atoms with Gasteiger partial charge in [-0.1, -0.05) is 40.9 Å². The van der Waals surface area contributed by atoms with Gasteiger partial charge in [-0.3, -0.25) is 9.10 Å². The lowest BCUT2D eigenvalue weighted by Crippen LogP contribution is -2.39. The van der Waals surface area contributed by atoms with Crippen LogP contribution in [0.15, 0.2) is 81.2 Å². The first-order valence-electron chi connectivity index (χ1n) is 13.8. The molecule has 0 saturated carbocycles. The minimum absolute atomic E-state index is 0.0306. The fraction of sp³-hybridized carbons (Fsp3) is 0.188. The Morgan fingerprint density at radius 3 is 2.15 bits per heavy atom. The third-order valence-electron chi connectivity index (χ3n) is 6.68. The molecule has 0 aliphatic rings. The Morgan fingerprint density at radius 2 is 1.48 bits per heavy atom. The lowest BCUT2D eigenvalue weighted by Gasteiger charge is -2.25. The molecule has 11 nitrogen and oxygen atoms in total. The van der Waals surface area contributed by atoms with E-state index in [-0.39, 0.29) is 33.7 Å². The predicted molar refractivity (Wildman–Crippen MR) is 189 cm³/mol. The predicted octanol–water partition coefficient (Wildman–Crippen LogP) is 7.37. The van der Waals surface area contributed by atoms with Crippen LogP contribution < -0.4 is 33.4 Å². The smallest absolute Gasteiger partial charge is 0.265 e. The summed E-state index contributed by atoms with van der Waals surface area (Å²) >= 11 is 22.0. The molecule has 0 saturated heterocycles. The second-order valence-corrected chi connectivity index (χ2v) is 13.7. The zero-order valence-corrected chi connectivity index (χ0v) is 30.6. The van der Waals surface area contributed by atoms with Crippen LogP contribution >= 0.6 is 50.7 Å². The first-order chi connectivity index (χ1) is 22.9. The van der Waals surface area contributed by atoms with Gasteiger partial charge in [0.25, 0.3) is 15.9 Å². The molecule has 4 aromatic rings. The number of benzene rings is 4. The number of rotatable bonds is 14. The number of nitrogens with one attached hydrogen (secondary N) is 1. The lowest BCUT2D eigenvalue weighted by atomic mass is 10.2. The van der Waals surface area contributed by atoms with Gasteiger partial charge in [0.15, 0.2) is 23.0 Å². The highest BCUT2D eigenvalue weighted by Crippen LogP contribution is 2.38. The van der Waals surface area contributed by atoms with Crippen molar-refractivity contribution in [3.8, 4) is 28.7 Å². The standard InChI is InChI=1S/C32H29BrCl3N3O8S/c1-43-27-9-7-22(35)14-26(27)39(48(41,42)23-8-10-28(44-2)29(15-23)45-3)17-31(40)38-37-16-19-11-24(33)32(30(12-19)46-4)47-18-20-5-6-21(34)13-25(20)36/h5-16H,17-18H2,1-4H3,(H,38,40)/b37-16-. The number of methoxy groups -OCH3 is 4. The lowest BCUT2D eigenvalue weighted by molar-refractivity contribution is -0.119. The van der Waals surface area contributed by atoms with Crippen molar-refractivity contribution < 1.29 is 36.9 Å². The number of halogens is 4. The first kappa shape index (κ1) is 36.9. The molecule has 0 bridgehead atoms. The third kappa shape index (κ3) is 8.77. The van der Waals surface area contributed by atoms with Crippen molar-refractivity contribution in [1.82, 2.24) is 5.43 Å². The number of anilines is 1. The molecule has 0 aromatic heterocycles. The maximum Gasteiger partial charge on any atom is 0.265 e. The van der Waals surface area contributed by atoms with Gasteiger partial charge in [0, 0.05) is 26.7 Å². The summed E-state index contributed by atoms with van der Waals surface area (Å²) < 4.78 is 56.8. The molecule has 254 valence electrons. The highest BCUT2D eigenvalue weighted by Gasteiger charge is 2.31. The molecule has 16 heteroatoms. The van der Waals surface area contributed by atoms with Gasteiger partial charge in [-0.2, -0.15) is 5.10 Å². The number of ether oxygens (including phenoxy) is 5. The van der Waals surface area contributed by atoms with Crippen molar-refractivity contribution in [2.45, 2.75) is 11.5 Å². The van der Waals surface area contributed by atoms with Crippen molar-refractivity contribution in [1.29, 1.82) is 0 Å². The van der Waals surface area contributed by atoms with Crippen molar-refractivity contribution in [3.63, 3.8) is 0 Å². The molecule has 1 amide bonds. The van der Waals surface area contributed by atoms with Crippen LogP contribution in [0, 0.1) is 0 Å². The van der Waals surface area contributed by atoms with Gasteiger partial charge in [-0.15, -0.1) is 0 Å². The number of hydrazone groups is 1. The van der Waals surface area contributed by atoms with E-state index in [2.05, 4.69) is 26.5 Å². The van der Waals surface area contributed by atoms with E-state index in [1.165, 1.54) is 71.1 Å². The number of carbonyl (C=O) groups is 1. The van der Waals surface area contributed by atoms with Gasteiger partial charge in [0.05, 0.1) is 49.7 Å². The molecular formula is C32H29BrCl3N3O8S. The van der Waals surface area contributed by atoms with Gasteiger partial charge in [0.2, 0.25) is 0 Å². The molecule has 0 aliphatic heterocycles. The normalized spacial score (nSPS) is 11.2. The van der Waals surface area contributed by atoms with E-state index in [4.69, 9.17) is 58.5 Å². The molecule has 0 unspecified atom stereocenters. The van der Waals surface area contributed by atoms with E-state index >= 15 is 0 Å². The Morgan fingerprint density at radius 1 is 0.833 bits per heavy atom. The highest BCUT2D eigenvalue weighted by molar-refractivity contribution is 9.10. The maximum atomic E-state index is 14.0. The molecule has 48 heavy (non-hydrogen) atoms. The Kier molecular flexibility index (Phi) is 12.7. The monoisotopic (exact) mass is 799 g/mol. The van der Waals surface area contributed by atoms with Crippen LogP contribution in [-0.2, 0) is 21.4 Å². The number of hydrogen-bond acceptors (Lipinski definition) is 9. The molecule has 4 rings (SSSR count). The fourth-order valence-corrected chi connectivity index (χ4v) is 6.99. The van der Waals surface area contributed by atoms with Crippen LogP contribution in [0.25, 0.3) is 0 Å². The first-order valence-corrected chi connectivity index (χ1v) is 17.1. The van der Waals surface area contributed by atoms with Gasteiger partial charge in [0.1, 0.15) is 18.9 Å². The van der Waals surface area contributed by atoms with E-state index in [1.807, 2.05) is 0 Å². The summed E-state index contributed by atoms with van der Waals surface area (Å²) in [5, 5.41) is 5.22. The molecule has 0 fully saturated rings. The molecule has 4 aromatic carbocycles. The van der Waals surface area contributed by atoms with Gasteiger partial charge >= 0.3 is 0 Å². The van der Waals surface area contributed by atoms with Crippen molar-refractivity contribution in [2.75, 3.05) is 39.3 Å². The third-order valence-corrected chi connectivity index (χ3v) is 9.85. The van der Waals surface area contributed by atoms with E-state index < -0.39 is 22.5 Å². The SMILES string of the molecule is COc1ccc(S(=O)(=O)N(CC(=O)N/N=C\c2cc(Br)c(OCc3ccc(Cl)cc3Cl)c(OC)c2)c2cc(Cl)ccc2OC)cc1OC. The van der Waals surface area contributed by atoms with Gasteiger partial charge in [-0.25, -0.2) is 13.8 Å². The topological polar surface area (TPSA) is 125 Å². The maximum absolute atomic E-state index is 14.0. The molecule has 1 N–H and O–H groups in total. The molecule has 0 atom stereocenters. The molecule has 0 heterocycles. The van der Waals surface area contributed by atoms with Crippen LogP contribution in [0.4, 0.5) is 5.69 Å². The Balaban J connectivity index is 1.57. The van der Waals surface area contributed by atoms with E-state index in [0.29, 0.717) is 37.3 Å². The number of amides is 1. The summed E-state index contributed by atoms with van der Waals surface area (Å²) in [6.45, 7) is -0.535. The number of hydrogen-bond donors (Lipinski definition) is 1. The molecule has 0 radical (unpaired) electrons. The summed E-state index contributed by atoms with van der Waals surface area (Å²) in [5.41, 5.74) is 3.65. The van der Waals surface area contributed by atoms with Gasteiger partial charge < -0.3 is 23.7 Å². The molecular weight excluding hydrogens is 773 g/mol. The van der Waals surface area contributed by atoms with Crippen LogP contribution in [0.5, 0.6) is 28.7 Å². The highest BCUT2D eigenvalue weighted by atomic mass is 79.9. The summed E-state index contributed by atoms with van der Waals surface area (Å²) in [6.07, 6.45) is 1.36. The zero-order chi connectivity index (χ0) is 35.0. The Labute approximate surface area is 301 Å². The number of carbonyl (C=O) groups excluding carboxylic acids is 1. The van der Waals surface area contributed by atoms with Crippen LogP contribution in [0.1, 0.15) is 11.1 Å². The Bertz CT molecular complexity index is 1950. The minimum Gasteiger partial charge on any atom is -0.495 e. The number of nitrogens with zero attached hydrogens (tertiary/aromatic N) is 2. The second-order valence-electron chi connectivity index (χ2n) is 9.70. The van der Waals surface area contributed by atoms with Crippen LogP contribution in [-0.4, -0.2) is 55.5 Å². The number of sulfonamides is 1. The average molecular weight is 802 g/mol. The van der Waals surface area contributed by atoms with Crippen LogP contribution in [0.3, 0.4) is 0 Å². The summed E-state index contributed by atoms with van der Waals surface area (Å²) in [7, 11) is 1.26. The average Bonchev–Trinajstić information content (AvgIpc) is 3.06. The summed E-state index contributed by atoms with van der Waals surface area (Å²) in [5.74, 6) is 0.695. The largest absolute Gasteiger partial charge is 0.495 e. The summed E-state index contributed by atoms with van der Waals surface area (Å²) in [6, 6.07) is 16.9. The molecule has 0 spiro atoms. The zero-order valence-electron chi connectivity index (χ0n) is 25.9. The second kappa shape index (κ2) is 16.5. The van der Waals surface area contributed by atoms with E-state index in [0.717, 1.165) is 9.87 Å². The van der Waals surface area contributed by atoms with Crippen LogP contribution in [0.2, 0.25) is 15.1 Å². The quantitative estimate of drug-likeness (QED) is 0.104. The minimum atomic E-state index is -4.39. The van der Waals surface area contributed by atoms with Crippen molar-refractivity contribution in [3.05, 3.63) is 97.4 Å². The van der Waals surface area contributed by atoms with E-state index in [1.54, 1.807) is 30.3 Å².